The van der Waals surface area contributed by atoms with Crippen LogP contribution in [0.3, 0.4) is 0 Å². The molecule has 2 aromatic heterocycles. The van der Waals surface area contributed by atoms with Crippen molar-refractivity contribution in [2.75, 3.05) is 0 Å². The highest BCUT2D eigenvalue weighted by Crippen LogP contribution is 2.31. The third-order valence-electron chi connectivity index (χ3n) is 4.98. The molecule has 0 aromatic carbocycles. The smallest absolute Gasteiger partial charge is 0.105 e. The van der Waals surface area contributed by atoms with Gasteiger partial charge in [0.1, 0.15) is 5.82 Å². The van der Waals surface area contributed by atoms with Crippen LogP contribution in [0.2, 0.25) is 0 Å². The minimum Gasteiger partial charge on any atom is -0.335 e. The number of aromatic nitrogens is 4. The summed E-state index contributed by atoms with van der Waals surface area (Å²) in [6.45, 7) is 15.6. The number of hydrogen-bond donors (Lipinski definition) is 0. The first kappa shape index (κ1) is 17.8. The van der Waals surface area contributed by atoms with Crippen LogP contribution in [0.5, 0.6) is 0 Å². The van der Waals surface area contributed by atoms with Crippen LogP contribution in [0.15, 0.2) is 18.7 Å². The van der Waals surface area contributed by atoms with Crippen LogP contribution in [0.4, 0.5) is 0 Å². The van der Waals surface area contributed by atoms with Gasteiger partial charge in [-0.2, -0.15) is 0 Å². The van der Waals surface area contributed by atoms with Crippen molar-refractivity contribution in [3.05, 3.63) is 35.9 Å². The molecular formula is C19H32N4. The lowest BCUT2D eigenvalue weighted by atomic mass is 9.83. The van der Waals surface area contributed by atoms with E-state index in [2.05, 4.69) is 80.8 Å². The third kappa shape index (κ3) is 3.85. The largest absolute Gasteiger partial charge is 0.335 e. The third-order valence-corrected chi connectivity index (χ3v) is 4.98. The molecule has 1 unspecified atom stereocenters. The predicted molar refractivity (Wildman–Crippen MR) is 95.8 cm³/mol. The molecule has 0 bridgehead atoms. The average Bonchev–Trinajstić information content (AvgIpc) is 3.04. The quantitative estimate of drug-likeness (QED) is 0.811. The summed E-state index contributed by atoms with van der Waals surface area (Å²) in [7, 11) is 2.11. The topological polar surface area (TPSA) is 35.6 Å². The van der Waals surface area contributed by atoms with Gasteiger partial charge in [-0.05, 0) is 26.7 Å². The molecule has 0 spiro atoms. The van der Waals surface area contributed by atoms with E-state index in [0.717, 1.165) is 24.4 Å². The molecule has 2 aromatic rings. The summed E-state index contributed by atoms with van der Waals surface area (Å²) >= 11 is 0. The van der Waals surface area contributed by atoms with Crippen LogP contribution in [0, 0.1) is 6.92 Å². The Morgan fingerprint density at radius 2 is 1.78 bits per heavy atom. The molecule has 0 saturated carbocycles. The zero-order valence-electron chi connectivity index (χ0n) is 16.0. The van der Waals surface area contributed by atoms with E-state index < -0.39 is 0 Å². The van der Waals surface area contributed by atoms with Crippen LogP contribution in [0.1, 0.15) is 77.6 Å². The molecule has 23 heavy (non-hydrogen) atoms. The molecule has 128 valence electrons. The molecule has 0 N–H and O–H groups in total. The summed E-state index contributed by atoms with van der Waals surface area (Å²) in [4.78, 5) is 9.02. The molecule has 1 atom stereocenters. The SMILES string of the molecule is Cc1ncc(C(C)(C)CCC(C)n2cnc(C(C)(C)C)c2)n1C. The Balaban J connectivity index is 2.05. The Morgan fingerprint density at radius 1 is 1.13 bits per heavy atom. The van der Waals surface area contributed by atoms with Crippen molar-refractivity contribution in [1.29, 1.82) is 0 Å². The second-order valence-corrected chi connectivity index (χ2v) is 8.48. The highest BCUT2D eigenvalue weighted by atomic mass is 15.1. The molecule has 0 amide bonds. The summed E-state index contributed by atoms with van der Waals surface area (Å²) in [6.07, 6.45) is 8.45. The molecule has 0 aliphatic heterocycles. The van der Waals surface area contributed by atoms with E-state index in [9.17, 15) is 0 Å². The van der Waals surface area contributed by atoms with E-state index in [4.69, 9.17) is 0 Å². The highest BCUT2D eigenvalue weighted by molar-refractivity contribution is 5.15. The van der Waals surface area contributed by atoms with E-state index >= 15 is 0 Å². The lowest BCUT2D eigenvalue weighted by Crippen LogP contribution is -2.22. The lowest BCUT2D eigenvalue weighted by molar-refractivity contribution is 0.380. The van der Waals surface area contributed by atoms with Gasteiger partial charge in [0.25, 0.3) is 0 Å². The first-order valence-corrected chi connectivity index (χ1v) is 8.55. The van der Waals surface area contributed by atoms with Gasteiger partial charge in [-0.1, -0.05) is 34.6 Å². The van der Waals surface area contributed by atoms with Crippen LogP contribution >= 0.6 is 0 Å². The zero-order valence-corrected chi connectivity index (χ0v) is 16.0. The van der Waals surface area contributed by atoms with Crippen molar-refractivity contribution in [1.82, 2.24) is 19.1 Å². The van der Waals surface area contributed by atoms with Gasteiger partial charge in [-0.15, -0.1) is 0 Å². The van der Waals surface area contributed by atoms with Crippen molar-refractivity contribution in [2.24, 2.45) is 7.05 Å². The molecule has 0 aliphatic rings. The van der Waals surface area contributed by atoms with Crippen LogP contribution < -0.4 is 0 Å². The number of hydrogen-bond acceptors (Lipinski definition) is 2. The molecule has 0 fully saturated rings. The molecule has 2 rings (SSSR count). The van der Waals surface area contributed by atoms with Crippen LogP contribution in [-0.2, 0) is 17.9 Å². The maximum Gasteiger partial charge on any atom is 0.105 e. The van der Waals surface area contributed by atoms with E-state index in [1.54, 1.807) is 0 Å². The summed E-state index contributed by atoms with van der Waals surface area (Å²) in [6, 6.07) is 0.451. The lowest BCUT2D eigenvalue weighted by Gasteiger charge is -2.27. The Kier molecular flexibility index (Phi) is 4.74. The molecule has 0 aliphatic carbocycles. The Labute approximate surface area is 141 Å². The summed E-state index contributed by atoms with van der Waals surface area (Å²) < 4.78 is 4.46. The summed E-state index contributed by atoms with van der Waals surface area (Å²) in [5, 5.41) is 0. The van der Waals surface area contributed by atoms with E-state index in [1.165, 1.54) is 5.69 Å². The molecule has 4 nitrogen and oxygen atoms in total. The number of nitrogens with zero attached hydrogens (tertiary/aromatic N) is 4. The fourth-order valence-electron chi connectivity index (χ4n) is 2.94. The van der Waals surface area contributed by atoms with Gasteiger partial charge in [0.15, 0.2) is 0 Å². The summed E-state index contributed by atoms with van der Waals surface area (Å²) in [5.74, 6) is 1.07. The van der Waals surface area contributed by atoms with Gasteiger partial charge in [-0.3, -0.25) is 0 Å². The minimum absolute atomic E-state index is 0.108. The first-order chi connectivity index (χ1) is 10.5. The van der Waals surface area contributed by atoms with Crippen molar-refractivity contribution in [3.8, 4) is 0 Å². The molecular weight excluding hydrogens is 284 g/mol. The van der Waals surface area contributed by atoms with Gasteiger partial charge in [0, 0.05) is 42.0 Å². The van der Waals surface area contributed by atoms with Crippen LogP contribution in [-0.4, -0.2) is 19.1 Å². The normalized spacial score (nSPS) is 14.3. The minimum atomic E-state index is 0.108. The molecule has 2 heterocycles. The van der Waals surface area contributed by atoms with Crippen molar-refractivity contribution < 1.29 is 0 Å². The average molecular weight is 316 g/mol. The monoisotopic (exact) mass is 316 g/mol. The first-order valence-electron chi connectivity index (χ1n) is 8.55. The fourth-order valence-corrected chi connectivity index (χ4v) is 2.94. The Bertz CT molecular complexity index is 655. The second kappa shape index (κ2) is 6.14. The van der Waals surface area contributed by atoms with Gasteiger partial charge in [0.05, 0.1) is 12.0 Å². The van der Waals surface area contributed by atoms with E-state index in [0.29, 0.717) is 6.04 Å². The zero-order chi connectivity index (χ0) is 17.4. The second-order valence-electron chi connectivity index (χ2n) is 8.48. The van der Waals surface area contributed by atoms with E-state index in [-0.39, 0.29) is 10.8 Å². The van der Waals surface area contributed by atoms with Crippen molar-refractivity contribution in [2.45, 2.75) is 78.2 Å². The maximum atomic E-state index is 4.58. The number of imidazole rings is 2. The fraction of sp³-hybridized carbons (Fsp3) is 0.684. The molecule has 0 saturated heterocycles. The van der Waals surface area contributed by atoms with E-state index in [1.807, 2.05) is 12.5 Å². The van der Waals surface area contributed by atoms with Gasteiger partial charge in [-0.25, -0.2) is 9.97 Å². The summed E-state index contributed by atoms with van der Waals surface area (Å²) in [5.41, 5.74) is 2.70. The number of rotatable bonds is 5. The molecule has 0 radical (unpaired) electrons. The van der Waals surface area contributed by atoms with Gasteiger partial charge in [0.2, 0.25) is 0 Å². The standard InChI is InChI=1S/C19H32N4/c1-14(23-12-16(21-13-23)18(3,4)5)9-10-19(6,7)17-11-20-15(2)22(17)8/h11-14H,9-10H2,1-8H3. The van der Waals surface area contributed by atoms with Crippen molar-refractivity contribution in [3.63, 3.8) is 0 Å². The Morgan fingerprint density at radius 3 is 2.26 bits per heavy atom. The number of aryl methyl sites for hydroxylation is 1. The molecule has 4 heteroatoms. The highest BCUT2D eigenvalue weighted by Gasteiger charge is 2.26. The maximum absolute atomic E-state index is 4.58. The van der Waals surface area contributed by atoms with Crippen LogP contribution in [0.25, 0.3) is 0 Å². The van der Waals surface area contributed by atoms with Gasteiger partial charge >= 0.3 is 0 Å². The van der Waals surface area contributed by atoms with Crippen molar-refractivity contribution >= 4 is 0 Å². The Hall–Kier alpha value is -1.58. The van der Waals surface area contributed by atoms with Gasteiger partial charge < -0.3 is 9.13 Å². The predicted octanol–water partition coefficient (Wildman–Crippen LogP) is 4.54.